The van der Waals surface area contributed by atoms with E-state index in [1.807, 2.05) is 25.1 Å². The average Bonchev–Trinajstić information content (AvgIpc) is 2.93. The van der Waals surface area contributed by atoms with Crippen LogP contribution < -0.4 is 14.8 Å². The first-order valence-corrected chi connectivity index (χ1v) is 7.23. The van der Waals surface area contributed by atoms with Crippen LogP contribution in [0.4, 0.5) is 5.69 Å². The van der Waals surface area contributed by atoms with Gasteiger partial charge in [0.15, 0.2) is 11.5 Å². The molecule has 0 aliphatic heterocycles. The zero-order valence-corrected chi connectivity index (χ0v) is 12.3. The van der Waals surface area contributed by atoms with E-state index in [4.69, 9.17) is 9.47 Å². The molecule has 0 saturated heterocycles. The number of benzene rings is 1. The molecular weight excluding hydrogens is 258 g/mol. The van der Waals surface area contributed by atoms with Crippen molar-refractivity contribution in [3.63, 3.8) is 0 Å². The number of thiophene rings is 1. The Morgan fingerprint density at radius 3 is 2.74 bits per heavy atom. The maximum Gasteiger partial charge on any atom is 0.163 e. The minimum atomic E-state index is 0.280. The molecule has 0 fully saturated rings. The van der Waals surface area contributed by atoms with Crippen molar-refractivity contribution in [1.82, 2.24) is 0 Å². The zero-order chi connectivity index (χ0) is 13.7. The van der Waals surface area contributed by atoms with E-state index in [1.54, 1.807) is 18.4 Å². The Bertz CT molecular complexity index is 511. The van der Waals surface area contributed by atoms with Gasteiger partial charge in [-0.25, -0.2) is 0 Å². The smallest absolute Gasteiger partial charge is 0.163 e. The van der Waals surface area contributed by atoms with Gasteiger partial charge >= 0.3 is 0 Å². The van der Waals surface area contributed by atoms with Crippen molar-refractivity contribution in [2.75, 3.05) is 19.0 Å². The Kier molecular flexibility index (Phi) is 4.68. The van der Waals surface area contributed by atoms with Gasteiger partial charge in [-0.1, -0.05) is 6.07 Å². The minimum Gasteiger partial charge on any atom is -0.493 e. The standard InChI is InChI=1S/C15H19NO2S/c1-4-18-14-10-12(7-8-13(14)17-3)16-11(2)15-6-5-9-19-15/h5-11,16H,4H2,1-3H3. The van der Waals surface area contributed by atoms with E-state index in [9.17, 15) is 0 Å². The third-order valence-corrected chi connectivity index (χ3v) is 3.87. The van der Waals surface area contributed by atoms with E-state index in [2.05, 4.69) is 29.8 Å². The van der Waals surface area contributed by atoms with Crippen LogP contribution in [0.5, 0.6) is 11.5 Å². The lowest BCUT2D eigenvalue weighted by Gasteiger charge is -2.16. The number of methoxy groups -OCH3 is 1. The number of hydrogen-bond acceptors (Lipinski definition) is 4. The quantitative estimate of drug-likeness (QED) is 0.852. The molecule has 0 saturated carbocycles. The van der Waals surface area contributed by atoms with Gasteiger partial charge in [0, 0.05) is 16.6 Å². The van der Waals surface area contributed by atoms with Gasteiger partial charge < -0.3 is 14.8 Å². The van der Waals surface area contributed by atoms with Gasteiger partial charge in [-0.3, -0.25) is 0 Å². The topological polar surface area (TPSA) is 30.5 Å². The van der Waals surface area contributed by atoms with Gasteiger partial charge in [0.1, 0.15) is 0 Å². The first-order chi connectivity index (χ1) is 9.24. The van der Waals surface area contributed by atoms with Gasteiger partial charge in [0.2, 0.25) is 0 Å². The number of hydrogen-bond donors (Lipinski definition) is 1. The van der Waals surface area contributed by atoms with Crippen LogP contribution in [0.25, 0.3) is 0 Å². The predicted molar refractivity (Wildman–Crippen MR) is 80.5 cm³/mol. The van der Waals surface area contributed by atoms with Crippen LogP contribution in [0, 0.1) is 0 Å². The van der Waals surface area contributed by atoms with Crippen molar-refractivity contribution in [2.24, 2.45) is 0 Å². The molecule has 102 valence electrons. The fourth-order valence-corrected chi connectivity index (χ4v) is 2.63. The highest BCUT2D eigenvalue weighted by molar-refractivity contribution is 7.10. The summed E-state index contributed by atoms with van der Waals surface area (Å²) in [7, 11) is 1.65. The molecular formula is C15H19NO2S. The maximum atomic E-state index is 5.58. The summed E-state index contributed by atoms with van der Waals surface area (Å²) in [6, 6.07) is 10.4. The Morgan fingerprint density at radius 2 is 2.11 bits per heavy atom. The highest BCUT2D eigenvalue weighted by Gasteiger charge is 2.09. The summed E-state index contributed by atoms with van der Waals surface area (Å²) in [6.45, 7) is 4.74. The third kappa shape index (κ3) is 3.41. The zero-order valence-electron chi connectivity index (χ0n) is 11.5. The second-order valence-electron chi connectivity index (χ2n) is 4.18. The van der Waals surface area contributed by atoms with Gasteiger partial charge in [-0.2, -0.15) is 0 Å². The number of anilines is 1. The molecule has 2 rings (SSSR count). The van der Waals surface area contributed by atoms with Gasteiger partial charge in [0.05, 0.1) is 19.8 Å². The largest absolute Gasteiger partial charge is 0.493 e. The molecule has 3 nitrogen and oxygen atoms in total. The molecule has 0 spiro atoms. The molecule has 0 radical (unpaired) electrons. The van der Waals surface area contributed by atoms with Gasteiger partial charge in [-0.05, 0) is 37.4 Å². The first kappa shape index (κ1) is 13.7. The maximum absolute atomic E-state index is 5.58. The molecule has 1 aromatic heterocycles. The van der Waals surface area contributed by atoms with Crippen LogP contribution in [-0.2, 0) is 0 Å². The lowest BCUT2D eigenvalue weighted by atomic mass is 10.2. The first-order valence-electron chi connectivity index (χ1n) is 6.35. The average molecular weight is 277 g/mol. The lowest BCUT2D eigenvalue weighted by molar-refractivity contribution is 0.311. The van der Waals surface area contributed by atoms with E-state index >= 15 is 0 Å². The molecule has 2 aromatic rings. The third-order valence-electron chi connectivity index (χ3n) is 2.82. The number of rotatable bonds is 6. The normalized spacial score (nSPS) is 11.9. The highest BCUT2D eigenvalue weighted by atomic mass is 32.1. The Morgan fingerprint density at radius 1 is 1.26 bits per heavy atom. The van der Waals surface area contributed by atoms with E-state index in [1.165, 1.54) is 4.88 Å². The van der Waals surface area contributed by atoms with Crippen LogP contribution >= 0.6 is 11.3 Å². The monoisotopic (exact) mass is 277 g/mol. The summed E-state index contributed by atoms with van der Waals surface area (Å²) >= 11 is 1.75. The lowest BCUT2D eigenvalue weighted by Crippen LogP contribution is -2.05. The Labute approximate surface area is 118 Å². The van der Waals surface area contributed by atoms with Crippen LogP contribution in [0.3, 0.4) is 0 Å². The van der Waals surface area contributed by atoms with Crippen molar-refractivity contribution in [2.45, 2.75) is 19.9 Å². The molecule has 0 bridgehead atoms. The number of ether oxygens (including phenoxy) is 2. The summed E-state index contributed by atoms with van der Waals surface area (Å²) in [5, 5.41) is 5.56. The summed E-state index contributed by atoms with van der Waals surface area (Å²) in [5.74, 6) is 1.53. The van der Waals surface area contributed by atoms with Crippen LogP contribution in [0.1, 0.15) is 24.8 Å². The molecule has 1 atom stereocenters. The van der Waals surface area contributed by atoms with E-state index < -0.39 is 0 Å². The summed E-state index contributed by atoms with van der Waals surface area (Å²) < 4.78 is 10.9. The highest BCUT2D eigenvalue weighted by Crippen LogP contribution is 2.32. The second-order valence-corrected chi connectivity index (χ2v) is 5.16. The fraction of sp³-hybridized carbons (Fsp3) is 0.333. The molecule has 1 unspecified atom stereocenters. The van der Waals surface area contributed by atoms with Crippen molar-refractivity contribution in [3.05, 3.63) is 40.6 Å². The van der Waals surface area contributed by atoms with Crippen molar-refractivity contribution in [1.29, 1.82) is 0 Å². The summed E-state index contributed by atoms with van der Waals surface area (Å²) in [6.07, 6.45) is 0. The number of nitrogens with one attached hydrogen (secondary N) is 1. The minimum absolute atomic E-state index is 0.280. The Hall–Kier alpha value is -1.68. The van der Waals surface area contributed by atoms with Crippen LogP contribution in [-0.4, -0.2) is 13.7 Å². The van der Waals surface area contributed by atoms with Gasteiger partial charge in [0.25, 0.3) is 0 Å². The van der Waals surface area contributed by atoms with Crippen LogP contribution in [0.2, 0.25) is 0 Å². The Balaban J connectivity index is 2.14. The molecule has 1 heterocycles. The fourth-order valence-electron chi connectivity index (χ4n) is 1.89. The molecule has 0 aliphatic carbocycles. The summed E-state index contributed by atoms with van der Waals surface area (Å²) in [4.78, 5) is 1.31. The molecule has 1 N–H and O–H groups in total. The SMILES string of the molecule is CCOc1cc(NC(C)c2cccs2)ccc1OC. The molecule has 19 heavy (non-hydrogen) atoms. The summed E-state index contributed by atoms with van der Waals surface area (Å²) in [5.41, 5.74) is 1.03. The molecule has 0 amide bonds. The van der Waals surface area contributed by atoms with Crippen molar-refractivity contribution < 1.29 is 9.47 Å². The van der Waals surface area contributed by atoms with E-state index in [0.29, 0.717) is 6.61 Å². The van der Waals surface area contributed by atoms with E-state index in [0.717, 1.165) is 17.2 Å². The van der Waals surface area contributed by atoms with Crippen molar-refractivity contribution >= 4 is 17.0 Å². The molecule has 0 aliphatic rings. The van der Waals surface area contributed by atoms with Crippen molar-refractivity contribution in [3.8, 4) is 11.5 Å². The predicted octanol–water partition coefficient (Wildman–Crippen LogP) is 4.33. The molecule has 4 heteroatoms. The molecule has 1 aromatic carbocycles. The second kappa shape index (κ2) is 6.48. The van der Waals surface area contributed by atoms with E-state index in [-0.39, 0.29) is 6.04 Å². The van der Waals surface area contributed by atoms with Gasteiger partial charge in [-0.15, -0.1) is 11.3 Å². The van der Waals surface area contributed by atoms with Crippen LogP contribution in [0.15, 0.2) is 35.7 Å².